The Morgan fingerprint density at radius 3 is 2.19 bits per heavy atom. The number of nitrogens with two attached hydrogens (primary N) is 1. The molecule has 16 heavy (non-hydrogen) atoms. The zero-order valence-electron chi connectivity index (χ0n) is 8.81. The van der Waals surface area contributed by atoms with Crippen molar-refractivity contribution < 1.29 is 0 Å². The van der Waals surface area contributed by atoms with Gasteiger partial charge in [-0.3, -0.25) is 0 Å². The molecule has 0 aliphatic heterocycles. The fourth-order valence-corrected chi connectivity index (χ4v) is 1.62. The van der Waals surface area contributed by atoms with Crippen LogP contribution in [0.15, 0.2) is 54.6 Å². The van der Waals surface area contributed by atoms with Gasteiger partial charge in [0, 0.05) is 5.02 Å². The molecule has 2 nitrogen and oxygen atoms in total. The van der Waals surface area contributed by atoms with E-state index in [2.05, 4.69) is 0 Å². The highest BCUT2D eigenvalue weighted by Gasteiger charge is 2.01. The molecule has 0 radical (unpaired) electrons. The van der Waals surface area contributed by atoms with Crippen LogP contribution in [0, 0.1) is 0 Å². The summed E-state index contributed by atoms with van der Waals surface area (Å²) in [5, 5.41) is 2.45. The monoisotopic (exact) mass is 233 g/mol. The predicted octanol–water partition coefficient (Wildman–Crippen LogP) is 3.22. The van der Waals surface area contributed by atoms with Crippen molar-refractivity contribution in [3.8, 4) is 0 Å². The van der Waals surface area contributed by atoms with E-state index >= 15 is 0 Å². The number of benzene rings is 2. The number of hydrogen-bond acceptors (Lipinski definition) is 2. The molecule has 0 saturated carbocycles. The van der Waals surface area contributed by atoms with Gasteiger partial charge in [0.05, 0.1) is 12.2 Å². The van der Waals surface area contributed by atoms with Crippen molar-refractivity contribution in [2.24, 2.45) is 5.84 Å². The highest BCUT2D eigenvalue weighted by molar-refractivity contribution is 6.30. The van der Waals surface area contributed by atoms with Crippen molar-refractivity contribution in [2.75, 3.05) is 5.01 Å². The number of hydrazine groups is 1. The van der Waals surface area contributed by atoms with Crippen LogP contribution in [0.25, 0.3) is 0 Å². The van der Waals surface area contributed by atoms with Crippen molar-refractivity contribution in [1.29, 1.82) is 0 Å². The van der Waals surface area contributed by atoms with Gasteiger partial charge in [-0.15, -0.1) is 0 Å². The average molecular weight is 234 g/mol. The average Bonchev–Trinajstić information content (AvgIpc) is 2.33. The normalized spacial score (nSPS) is 10.1. The summed E-state index contributed by atoms with van der Waals surface area (Å²) in [5.74, 6) is 5.97. The third kappa shape index (κ3) is 2.75. The minimum atomic E-state index is 0.668. The highest BCUT2D eigenvalue weighted by Crippen LogP contribution is 2.14. The van der Waals surface area contributed by atoms with Crippen LogP contribution in [0.4, 0.5) is 5.69 Å². The zero-order chi connectivity index (χ0) is 11.4. The molecule has 0 aliphatic rings. The summed E-state index contributed by atoms with van der Waals surface area (Å²) < 4.78 is 0. The van der Waals surface area contributed by atoms with Crippen LogP contribution in [-0.2, 0) is 6.54 Å². The van der Waals surface area contributed by atoms with Gasteiger partial charge in [0.25, 0.3) is 0 Å². The Bertz CT molecular complexity index is 439. The Morgan fingerprint density at radius 2 is 1.56 bits per heavy atom. The second-order valence-corrected chi connectivity index (χ2v) is 4.03. The Hall–Kier alpha value is -1.51. The molecule has 0 spiro atoms. The van der Waals surface area contributed by atoms with Gasteiger partial charge in [-0.1, -0.05) is 41.9 Å². The van der Waals surface area contributed by atoms with Crippen molar-refractivity contribution >= 4 is 17.3 Å². The third-order valence-corrected chi connectivity index (χ3v) is 2.61. The SMILES string of the molecule is N[15N](Cc1ccc(Cl)cc1)c1ccccc1. The van der Waals surface area contributed by atoms with E-state index in [0.717, 1.165) is 16.3 Å². The maximum absolute atomic E-state index is 5.97. The lowest BCUT2D eigenvalue weighted by Crippen LogP contribution is -2.29. The summed E-state index contributed by atoms with van der Waals surface area (Å²) in [5.41, 5.74) is 2.13. The van der Waals surface area contributed by atoms with E-state index in [-0.39, 0.29) is 0 Å². The van der Waals surface area contributed by atoms with Gasteiger partial charge < -0.3 is 5.01 Å². The van der Waals surface area contributed by atoms with E-state index in [4.69, 9.17) is 17.4 Å². The molecule has 82 valence electrons. The minimum Gasteiger partial charge on any atom is -0.307 e. The predicted molar refractivity (Wildman–Crippen MR) is 68.3 cm³/mol. The number of anilines is 1. The van der Waals surface area contributed by atoms with Gasteiger partial charge in [0.1, 0.15) is 0 Å². The van der Waals surface area contributed by atoms with Crippen molar-refractivity contribution in [3.05, 3.63) is 65.2 Å². The maximum Gasteiger partial charge on any atom is 0.0592 e. The number of nitrogens with zero attached hydrogens (tertiary/aromatic N) is 1. The van der Waals surface area contributed by atoms with Gasteiger partial charge in [-0.05, 0) is 29.8 Å². The molecule has 0 amide bonds. The topological polar surface area (TPSA) is 29.3 Å². The highest BCUT2D eigenvalue weighted by atomic mass is 35.5. The Morgan fingerprint density at radius 1 is 0.938 bits per heavy atom. The van der Waals surface area contributed by atoms with Crippen LogP contribution in [0.5, 0.6) is 0 Å². The summed E-state index contributed by atoms with van der Waals surface area (Å²) >= 11 is 5.82. The second-order valence-electron chi connectivity index (χ2n) is 3.59. The third-order valence-electron chi connectivity index (χ3n) is 2.35. The first kappa shape index (κ1) is 11.0. The summed E-state index contributed by atoms with van der Waals surface area (Å²) in [6.45, 7) is 0.668. The molecule has 0 aromatic heterocycles. The molecule has 0 saturated heterocycles. The van der Waals surface area contributed by atoms with E-state index in [0.29, 0.717) is 6.54 Å². The molecule has 0 unspecified atom stereocenters. The second kappa shape index (κ2) is 5.01. The van der Waals surface area contributed by atoms with E-state index in [9.17, 15) is 0 Å². The van der Waals surface area contributed by atoms with Crippen LogP contribution < -0.4 is 10.9 Å². The molecule has 0 aliphatic carbocycles. The van der Waals surface area contributed by atoms with Gasteiger partial charge in [-0.25, -0.2) is 5.84 Å². The molecular formula is C13H13ClN2. The zero-order valence-corrected chi connectivity index (χ0v) is 9.56. The van der Waals surface area contributed by atoms with E-state index in [1.165, 1.54) is 0 Å². The lowest BCUT2D eigenvalue weighted by molar-refractivity contribution is 0.853. The van der Waals surface area contributed by atoms with Crippen LogP contribution in [0.2, 0.25) is 5.02 Å². The van der Waals surface area contributed by atoms with Crippen LogP contribution in [0.1, 0.15) is 5.56 Å². The molecule has 0 atom stereocenters. The summed E-state index contributed by atoms with van der Waals surface area (Å²) in [6, 6.07) is 17.6. The molecular weight excluding hydrogens is 221 g/mol. The van der Waals surface area contributed by atoms with Gasteiger partial charge in [0.15, 0.2) is 0 Å². The lowest BCUT2D eigenvalue weighted by Gasteiger charge is -2.18. The first-order chi connectivity index (χ1) is 7.75. The maximum atomic E-state index is 5.97. The largest absolute Gasteiger partial charge is 0.307 e. The minimum absolute atomic E-state index is 0.668. The first-order valence-corrected chi connectivity index (χ1v) is 5.45. The molecule has 3 heteroatoms. The van der Waals surface area contributed by atoms with Gasteiger partial charge in [-0.2, -0.15) is 0 Å². The quantitative estimate of drug-likeness (QED) is 0.501. The molecule has 2 N–H and O–H groups in total. The molecule has 0 bridgehead atoms. The number of rotatable bonds is 3. The number of para-hydroxylation sites is 1. The first-order valence-electron chi connectivity index (χ1n) is 5.07. The van der Waals surface area contributed by atoms with Crippen molar-refractivity contribution in [2.45, 2.75) is 6.54 Å². The number of halogens is 1. The van der Waals surface area contributed by atoms with Crippen LogP contribution >= 0.6 is 11.6 Å². The molecule has 0 heterocycles. The lowest BCUT2D eigenvalue weighted by atomic mass is 10.2. The van der Waals surface area contributed by atoms with Crippen LogP contribution in [0.3, 0.4) is 0 Å². The smallest absolute Gasteiger partial charge is 0.0592 e. The summed E-state index contributed by atoms with van der Waals surface area (Å²) in [4.78, 5) is 0. The van der Waals surface area contributed by atoms with E-state index in [1.807, 2.05) is 54.6 Å². The van der Waals surface area contributed by atoms with Crippen LogP contribution in [-0.4, -0.2) is 0 Å². The summed E-state index contributed by atoms with van der Waals surface area (Å²) in [6.07, 6.45) is 0. The molecule has 2 aromatic carbocycles. The Labute approximate surface area is 100 Å². The van der Waals surface area contributed by atoms with Crippen molar-refractivity contribution in [3.63, 3.8) is 0 Å². The van der Waals surface area contributed by atoms with Gasteiger partial charge >= 0.3 is 0 Å². The summed E-state index contributed by atoms with van der Waals surface area (Å²) in [7, 11) is 0. The molecule has 0 fully saturated rings. The Balaban J connectivity index is 2.08. The fourth-order valence-electron chi connectivity index (χ4n) is 1.50. The fraction of sp³-hybridized carbons (Fsp3) is 0.0769. The van der Waals surface area contributed by atoms with E-state index < -0.39 is 0 Å². The van der Waals surface area contributed by atoms with Gasteiger partial charge in [0.2, 0.25) is 0 Å². The molecule has 2 rings (SSSR count). The molecule has 2 aromatic rings. The van der Waals surface area contributed by atoms with Crippen molar-refractivity contribution in [1.82, 2.24) is 0 Å². The van der Waals surface area contributed by atoms with E-state index in [1.54, 1.807) is 5.01 Å². The standard InChI is InChI=1S/C13H13ClN2/c14-12-8-6-11(7-9-12)10-16(15)13-4-2-1-3-5-13/h1-9H,10,15H2/i16+1. The number of hydrogen-bond donors (Lipinski definition) is 1. The Kier molecular flexibility index (Phi) is 3.44.